The van der Waals surface area contributed by atoms with Crippen LogP contribution in [0.1, 0.15) is 13.8 Å². The highest BCUT2D eigenvalue weighted by Crippen LogP contribution is 1.91. The number of carbonyl (C=O) groups is 1. The lowest BCUT2D eigenvalue weighted by Gasteiger charge is -1.94. The van der Waals surface area contributed by atoms with Gasteiger partial charge in [-0.25, -0.2) is 0 Å². The Morgan fingerprint density at radius 1 is 1.25 bits per heavy atom. The standard InChI is InChI=1S/C5H10N2O/c1-3(4(2)8)5(6)7/h6-7H2,1-2H3. The third-order valence-corrected chi connectivity index (χ3v) is 0.961. The van der Waals surface area contributed by atoms with Crippen LogP contribution in [0, 0.1) is 0 Å². The molecular formula is C5H10N2O. The van der Waals surface area contributed by atoms with Gasteiger partial charge in [-0.15, -0.1) is 0 Å². The molecule has 0 aliphatic heterocycles. The van der Waals surface area contributed by atoms with Gasteiger partial charge >= 0.3 is 0 Å². The van der Waals surface area contributed by atoms with E-state index in [1.54, 1.807) is 6.92 Å². The smallest absolute Gasteiger partial charge is 0.159 e. The third kappa shape index (κ3) is 1.64. The fraction of sp³-hybridized carbons (Fsp3) is 0.400. The first kappa shape index (κ1) is 7.01. The monoisotopic (exact) mass is 114 g/mol. The number of hydrogen-bond donors (Lipinski definition) is 2. The molecule has 0 spiro atoms. The van der Waals surface area contributed by atoms with Crippen LogP contribution in [0.4, 0.5) is 0 Å². The molecule has 0 aliphatic carbocycles. The Balaban J connectivity index is 4.23. The predicted molar refractivity (Wildman–Crippen MR) is 31.8 cm³/mol. The van der Waals surface area contributed by atoms with Crippen molar-refractivity contribution in [2.75, 3.05) is 0 Å². The Bertz CT molecular complexity index is 133. The second kappa shape index (κ2) is 2.35. The number of rotatable bonds is 1. The van der Waals surface area contributed by atoms with Gasteiger partial charge in [0.15, 0.2) is 5.78 Å². The van der Waals surface area contributed by atoms with Crippen molar-refractivity contribution >= 4 is 5.78 Å². The van der Waals surface area contributed by atoms with Crippen molar-refractivity contribution in [3.63, 3.8) is 0 Å². The Labute approximate surface area is 48.4 Å². The Morgan fingerprint density at radius 2 is 1.62 bits per heavy atom. The zero-order valence-electron chi connectivity index (χ0n) is 5.06. The van der Waals surface area contributed by atoms with Crippen LogP contribution in [0.2, 0.25) is 0 Å². The highest BCUT2D eigenvalue weighted by Gasteiger charge is 1.96. The van der Waals surface area contributed by atoms with Crippen molar-refractivity contribution in [3.05, 3.63) is 11.4 Å². The Hall–Kier alpha value is -0.990. The van der Waals surface area contributed by atoms with Gasteiger partial charge in [-0.1, -0.05) is 0 Å². The van der Waals surface area contributed by atoms with E-state index in [2.05, 4.69) is 0 Å². The lowest BCUT2D eigenvalue weighted by atomic mass is 10.2. The van der Waals surface area contributed by atoms with E-state index in [0.717, 1.165) is 0 Å². The van der Waals surface area contributed by atoms with E-state index in [0.29, 0.717) is 5.57 Å². The number of Topliss-reactive ketones (excluding diaryl/α,β-unsaturated/α-hetero) is 1. The molecule has 0 aliphatic rings. The quantitative estimate of drug-likeness (QED) is 0.461. The van der Waals surface area contributed by atoms with E-state index in [-0.39, 0.29) is 11.6 Å². The maximum absolute atomic E-state index is 10.4. The maximum Gasteiger partial charge on any atom is 0.159 e. The van der Waals surface area contributed by atoms with Gasteiger partial charge in [-0.3, -0.25) is 4.79 Å². The predicted octanol–water partition coefficient (Wildman–Crippen LogP) is -0.276. The maximum atomic E-state index is 10.4. The third-order valence-electron chi connectivity index (χ3n) is 0.961. The van der Waals surface area contributed by atoms with E-state index in [9.17, 15) is 4.79 Å². The molecule has 0 rings (SSSR count). The summed E-state index contributed by atoms with van der Waals surface area (Å²) in [7, 11) is 0. The minimum Gasteiger partial charge on any atom is -0.385 e. The number of allylic oxidation sites excluding steroid dienone is 1. The second-order valence-electron chi connectivity index (χ2n) is 1.64. The van der Waals surface area contributed by atoms with Crippen molar-refractivity contribution < 1.29 is 4.79 Å². The summed E-state index contributed by atoms with van der Waals surface area (Å²) in [5, 5.41) is 0. The van der Waals surface area contributed by atoms with Crippen molar-refractivity contribution in [2.45, 2.75) is 13.8 Å². The van der Waals surface area contributed by atoms with E-state index in [1.165, 1.54) is 6.92 Å². The summed E-state index contributed by atoms with van der Waals surface area (Å²) in [5.74, 6) is 0.0301. The molecule has 3 nitrogen and oxygen atoms in total. The van der Waals surface area contributed by atoms with Crippen molar-refractivity contribution in [1.82, 2.24) is 0 Å². The van der Waals surface area contributed by atoms with Gasteiger partial charge in [-0.05, 0) is 13.8 Å². The van der Waals surface area contributed by atoms with Crippen molar-refractivity contribution in [1.29, 1.82) is 0 Å². The molecule has 0 amide bonds. The summed E-state index contributed by atoms with van der Waals surface area (Å²) in [5.41, 5.74) is 10.6. The van der Waals surface area contributed by atoms with Gasteiger partial charge in [-0.2, -0.15) is 0 Å². The molecule has 0 fully saturated rings. The second-order valence-corrected chi connectivity index (χ2v) is 1.64. The van der Waals surface area contributed by atoms with Crippen LogP contribution in [0.3, 0.4) is 0 Å². The molecule has 0 saturated heterocycles. The van der Waals surface area contributed by atoms with Gasteiger partial charge in [0.1, 0.15) is 0 Å². The highest BCUT2D eigenvalue weighted by molar-refractivity contribution is 5.93. The summed E-state index contributed by atoms with van der Waals surface area (Å²) in [6, 6.07) is 0. The number of carbonyl (C=O) groups excluding carboxylic acids is 1. The first-order chi connectivity index (χ1) is 3.55. The largest absolute Gasteiger partial charge is 0.385 e. The zero-order chi connectivity index (χ0) is 6.73. The Morgan fingerprint density at radius 3 is 1.62 bits per heavy atom. The van der Waals surface area contributed by atoms with E-state index < -0.39 is 0 Å². The molecular weight excluding hydrogens is 104 g/mol. The molecule has 0 aromatic carbocycles. The molecule has 0 saturated carbocycles. The SMILES string of the molecule is CC(=O)C(C)=C(N)N. The van der Waals surface area contributed by atoms with Crippen LogP contribution >= 0.6 is 0 Å². The first-order valence-electron chi connectivity index (χ1n) is 2.28. The van der Waals surface area contributed by atoms with Crippen LogP contribution in [0.15, 0.2) is 11.4 Å². The lowest BCUT2D eigenvalue weighted by Crippen LogP contribution is -2.14. The molecule has 0 heterocycles. The van der Waals surface area contributed by atoms with E-state index in [1.807, 2.05) is 0 Å². The molecule has 0 atom stereocenters. The van der Waals surface area contributed by atoms with E-state index >= 15 is 0 Å². The van der Waals surface area contributed by atoms with Gasteiger partial charge in [0.25, 0.3) is 0 Å². The van der Waals surface area contributed by atoms with Crippen LogP contribution in [0.25, 0.3) is 0 Å². The number of hydrogen-bond acceptors (Lipinski definition) is 3. The summed E-state index contributed by atoms with van der Waals surface area (Å²) < 4.78 is 0. The van der Waals surface area contributed by atoms with Gasteiger partial charge in [0, 0.05) is 5.57 Å². The van der Waals surface area contributed by atoms with Gasteiger partial charge < -0.3 is 11.5 Å². The fourth-order valence-corrected chi connectivity index (χ4v) is 0.203. The lowest BCUT2D eigenvalue weighted by molar-refractivity contribution is -0.113. The van der Waals surface area contributed by atoms with Crippen LogP contribution in [-0.4, -0.2) is 5.78 Å². The topological polar surface area (TPSA) is 69.1 Å². The average molecular weight is 114 g/mol. The molecule has 3 heteroatoms. The summed E-state index contributed by atoms with van der Waals surface area (Å²) >= 11 is 0. The minimum absolute atomic E-state index is 0.0787. The molecule has 8 heavy (non-hydrogen) atoms. The highest BCUT2D eigenvalue weighted by atomic mass is 16.1. The Kier molecular flexibility index (Phi) is 2.06. The van der Waals surface area contributed by atoms with Gasteiger partial charge in [0.05, 0.1) is 5.82 Å². The molecule has 46 valence electrons. The molecule has 0 aromatic rings. The molecule has 0 aromatic heterocycles. The number of nitrogens with two attached hydrogens (primary N) is 2. The molecule has 0 unspecified atom stereocenters. The van der Waals surface area contributed by atoms with E-state index in [4.69, 9.17) is 11.5 Å². The summed E-state index contributed by atoms with van der Waals surface area (Å²) in [6.45, 7) is 3.02. The van der Waals surface area contributed by atoms with Crippen molar-refractivity contribution in [2.24, 2.45) is 11.5 Å². The van der Waals surface area contributed by atoms with Crippen molar-refractivity contribution in [3.8, 4) is 0 Å². The zero-order valence-corrected chi connectivity index (χ0v) is 5.06. The molecule has 0 bridgehead atoms. The van der Waals surface area contributed by atoms with Gasteiger partial charge in [0.2, 0.25) is 0 Å². The summed E-state index contributed by atoms with van der Waals surface area (Å²) in [6.07, 6.45) is 0. The van der Waals surface area contributed by atoms with Crippen LogP contribution < -0.4 is 11.5 Å². The van der Waals surface area contributed by atoms with Crippen LogP contribution in [0.5, 0.6) is 0 Å². The molecule has 0 radical (unpaired) electrons. The summed E-state index contributed by atoms with van der Waals surface area (Å²) in [4.78, 5) is 10.4. The normalized spacial score (nSPS) is 8.25. The fourth-order valence-electron chi connectivity index (χ4n) is 0.203. The van der Waals surface area contributed by atoms with Crippen LogP contribution in [-0.2, 0) is 4.79 Å². The molecule has 4 N–H and O–H groups in total. The number of ketones is 1. The average Bonchev–Trinajstić information content (AvgIpc) is 1.64. The minimum atomic E-state index is -0.0787. The first-order valence-corrected chi connectivity index (χ1v) is 2.28.